The van der Waals surface area contributed by atoms with E-state index in [4.69, 9.17) is 9.57 Å². The first-order chi connectivity index (χ1) is 14.3. The zero-order chi connectivity index (χ0) is 22.8. The summed E-state index contributed by atoms with van der Waals surface area (Å²) in [7, 11) is -3.58. The van der Waals surface area contributed by atoms with Gasteiger partial charge in [0.25, 0.3) is 11.8 Å². The predicted octanol–water partition coefficient (Wildman–Crippen LogP) is 1.02. The van der Waals surface area contributed by atoms with E-state index in [-0.39, 0.29) is 30.0 Å². The van der Waals surface area contributed by atoms with Crippen molar-refractivity contribution in [3.63, 3.8) is 0 Å². The van der Waals surface area contributed by atoms with Crippen LogP contribution >= 0.6 is 0 Å². The molecular weight excluding hydrogens is 428 g/mol. The van der Waals surface area contributed by atoms with Gasteiger partial charge in [0.15, 0.2) is 9.84 Å². The van der Waals surface area contributed by atoms with E-state index in [1.54, 1.807) is 32.9 Å². The van der Waals surface area contributed by atoms with Crippen molar-refractivity contribution in [2.75, 3.05) is 24.6 Å². The molecule has 166 valence electrons. The molecule has 0 aliphatic carbocycles. The van der Waals surface area contributed by atoms with Gasteiger partial charge in [-0.1, -0.05) is 17.2 Å². The first-order valence-corrected chi connectivity index (χ1v) is 11.5. The Kier molecular flexibility index (Phi) is 4.65. The summed E-state index contributed by atoms with van der Waals surface area (Å²) in [6, 6.07) is 6.02. The topological polar surface area (TPSA) is 127 Å². The van der Waals surface area contributed by atoms with E-state index in [2.05, 4.69) is 0 Å². The number of sulfone groups is 1. The highest BCUT2D eigenvalue weighted by Crippen LogP contribution is 2.45. The van der Waals surface area contributed by atoms with E-state index in [9.17, 15) is 27.6 Å². The molecular formula is C20H22N2O8S. The van der Waals surface area contributed by atoms with Gasteiger partial charge in [-0.15, -0.1) is 0 Å². The Balaban J connectivity index is 1.59. The Morgan fingerprint density at radius 3 is 2.23 bits per heavy atom. The monoisotopic (exact) mass is 450 g/mol. The van der Waals surface area contributed by atoms with Crippen LogP contribution in [-0.4, -0.2) is 72.5 Å². The summed E-state index contributed by atoms with van der Waals surface area (Å²) in [5.41, 5.74) is -2.16. The number of benzene rings is 1. The molecule has 0 spiro atoms. The smallest absolute Gasteiger partial charge is 0.410 e. The standard InChI is InChI=1S/C20H22N2O8S/c1-19(2,3)29-18(26)21-8-12-9-31(27,28)11-20(12,10-21)17(25)30-22-15(23)13-6-4-5-7-14(13)16(22)24/h4-7,12H,8-11H2,1-3H3/t12-,20-/m0/s1. The number of fused-ring (bicyclic) bond motifs is 2. The zero-order valence-corrected chi connectivity index (χ0v) is 18.1. The number of carbonyl (C=O) groups excluding carboxylic acids is 4. The number of likely N-dealkylation sites (tertiary alicyclic amines) is 1. The third kappa shape index (κ3) is 3.56. The van der Waals surface area contributed by atoms with Crippen molar-refractivity contribution in [1.29, 1.82) is 0 Å². The Morgan fingerprint density at radius 1 is 1.10 bits per heavy atom. The van der Waals surface area contributed by atoms with Gasteiger partial charge < -0.3 is 14.5 Å². The van der Waals surface area contributed by atoms with E-state index >= 15 is 0 Å². The van der Waals surface area contributed by atoms with Crippen molar-refractivity contribution in [2.24, 2.45) is 11.3 Å². The second-order valence-corrected chi connectivity index (χ2v) is 11.2. The number of hydrogen-bond acceptors (Lipinski definition) is 8. The molecule has 2 atom stereocenters. The average Bonchev–Trinajstić information content (AvgIpc) is 3.21. The molecule has 4 rings (SSSR count). The molecule has 0 bridgehead atoms. The fraction of sp³-hybridized carbons (Fsp3) is 0.500. The van der Waals surface area contributed by atoms with Gasteiger partial charge in [-0.05, 0) is 32.9 Å². The molecule has 2 saturated heterocycles. The van der Waals surface area contributed by atoms with Crippen LogP contribution in [-0.2, 0) is 24.2 Å². The third-order valence-electron chi connectivity index (χ3n) is 5.62. The highest BCUT2D eigenvalue weighted by Gasteiger charge is 2.63. The molecule has 3 amide bonds. The van der Waals surface area contributed by atoms with Crippen LogP contribution in [0.5, 0.6) is 0 Å². The average molecular weight is 450 g/mol. The molecule has 2 fully saturated rings. The lowest BCUT2D eigenvalue weighted by molar-refractivity contribution is -0.180. The fourth-order valence-corrected chi connectivity index (χ4v) is 6.67. The van der Waals surface area contributed by atoms with Gasteiger partial charge in [0.2, 0.25) is 0 Å². The minimum absolute atomic E-state index is 0.00857. The molecule has 1 aromatic rings. The molecule has 31 heavy (non-hydrogen) atoms. The quantitative estimate of drug-likeness (QED) is 0.611. The largest absolute Gasteiger partial charge is 0.444 e. The molecule has 11 heteroatoms. The fourth-order valence-electron chi connectivity index (χ4n) is 4.29. The lowest BCUT2D eigenvalue weighted by Crippen LogP contribution is -2.46. The van der Waals surface area contributed by atoms with Crippen LogP contribution in [0, 0.1) is 11.3 Å². The van der Waals surface area contributed by atoms with Gasteiger partial charge in [0.1, 0.15) is 11.0 Å². The van der Waals surface area contributed by atoms with Crippen molar-refractivity contribution in [3.8, 4) is 0 Å². The van der Waals surface area contributed by atoms with Gasteiger partial charge >= 0.3 is 12.1 Å². The minimum atomic E-state index is -3.58. The van der Waals surface area contributed by atoms with E-state index in [0.717, 1.165) is 0 Å². The molecule has 0 N–H and O–H groups in total. The number of imide groups is 1. The van der Waals surface area contributed by atoms with Crippen LogP contribution in [0.15, 0.2) is 24.3 Å². The number of amides is 3. The molecule has 3 heterocycles. The predicted molar refractivity (Wildman–Crippen MR) is 105 cm³/mol. The number of nitrogens with zero attached hydrogens (tertiary/aromatic N) is 2. The van der Waals surface area contributed by atoms with Crippen LogP contribution in [0.3, 0.4) is 0 Å². The third-order valence-corrected chi connectivity index (χ3v) is 7.48. The van der Waals surface area contributed by atoms with Gasteiger partial charge in [-0.25, -0.2) is 18.0 Å². The number of hydroxylamine groups is 2. The summed E-state index contributed by atoms with van der Waals surface area (Å²) in [5, 5.41) is 0.361. The van der Waals surface area contributed by atoms with Crippen LogP contribution in [0.25, 0.3) is 0 Å². The van der Waals surface area contributed by atoms with Crippen molar-refractivity contribution in [3.05, 3.63) is 35.4 Å². The summed E-state index contributed by atoms with van der Waals surface area (Å²) < 4.78 is 30.0. The molecule has 0 aromatic heterocycles. The van der Waals surface area contributed by atoms with Gasteiger partial charge in [0.05, 0.1) is 22.6 Å². The molecule has 0 saturated carbocycles. The molecule has 3 aliphatic rings. The maximum Gasteiger partial charge on any atom is 0.410 e. The summed E-state index contributed by atoms with van der Waals surface area (Å²) >= 11 is 0. The SMILES string of the molecule is CC(C)(C)OC(=O)N1C[C@H]2CS(=O)(=O)C[C@@]2(C(=O)ON2C(=O)c3ccccc3C2=O)C1. The van der Waals surface area contributed by atoms with Gasteiger partial charge in [0, 0.05) is 19.0 Å². The van der Waals surface area contributed by atoms with Gasteiger partial charge in [-0.3, -0.25) is 9.59 Å². The second kappa shape index (κ2) is 6.78. The van der Waals surface area contributed by atoms with Crippen LogP contribution < -0.4 is 0 Å². The van der Waals surface area contributed by atoms with Crippen molar-refractivity contribution in [1.82, 2.24) is 9.96 Å². The normalized spacial score (nSPS) is 26.6. The van der Waals surface area contributed by atoms with E-state index < -0.39 is 56.4 Å². The number of carbonyl (C=O) groups is 4. The summed E-state index contributed by atoms with van der Waals surface area (Å²) in [6.07, 6.45) is -0.674. The first-order valence-electron chi connectivity index (χ1n) is 9.72. The summed E-state index contributed by atoms with van der Waals surface area (Å²) in [5.74, 6) is -4.20. The zero-order valence-electron chi connectivity index (χ0n) is 17.3. The molecule has 10 nitrogen and oxygen atoms in total. The minimum Gasteiger partial charge on any atom is -0.444 e. The number of rotatable bonds is 2. The van der Waals surface area contributed by atoms with E-state index in [1.807, 2.05) is 0 Å². The van der Waals surface area contributed by atoms with Gasteiger partial charge in [-0.2, -0.15) is 0 Å². The van der Waals surface area contributed by atoms with E-state index in [0.29, 0.717) is 5.06 Å². The van der Waals surface area contributed by atoms with Crippen molar-refractivity contribution in [2.45, 2.75) is 26.4 Å². The Labute approximate surface area is 178 Å². The van der Waals surface area contributed by atoms with Crippen LogP contribution in [0.2, 0.25) is 0 Å². The van der Waals surface area contributed by atoms with Crippen molar-refractivity contribution < 1.29 is 37.2 Å². The Morgan fingerprint density at radius 2 is 1.68 bits per heavy atom. The summed E-state index contributed by atoms with van der Waals surface area (Å²) in [4.78, 5) is 57.2. The molecule has 0 unspecified atom stereocenters. The molecule has 0 radical (unpaired) electrons. The molecule has 1 aromatic carbocycles. The second-order valence-electron chi connectivity index (χ2n) is 9.10. The highest BCUT2D eigenvalue weighted by molar-refractivity contribution is 7.91. The van der Waals surface area contributed by atoms with Crippen molar-refractivity contribution >= 4 is 33.7 Å². The molecule has 3 aliphatic heterocycles. The maximum atomic E-state index is 13.2. The number of hydrogen-bond donors (Lipinski definition) is 0. The lowest BCUT2D eigenvalue weighted by Gasteiger charge is -2.27. The van der Waals surface area contributed by atoms with Crippen LogP contribution in [0.4, 0.5) is 4.79 Å². The Bertz CT molecular complexity index is 1070. The van der Waals surface area contributed by atoms with E-state index in [1.165, 1.54) is 17.0 Å². The van der Waals surface area contributed by atoms with Crippen LogP contribution in [0.1, 0.15) is 41.5 Å². The number of ether oxygens (including phenoxy) is 1. The summed E-state index contributed by atoms with van der Waals surface area (Å²) in [6.45, 7) is 4.83. The maximum absolute atomic E-state index is 13.2. The highest BCUT2D eigenvalue weighted by atomic mass is 32.2. The Hall–Kier alpha value is -2.95. The first kappa shape index (κ1) is 21.3. The lowest BCUT2D eigenvalue weighted by atomic mass is 9.81.